The van der Waals surface area contributed by atoms with E-state index in [1.807, 2.05) is 12.5 Å². The number of hydrogen-bond donors (Lipinski definition) is 1. The lowest BCUT2D eigenvalue weighted by atomic mass is 10.1. The number of carbonyl (C=O) groups excluding carboxylic acids is 1. The molecule has 0 radical (unpaired) electrons. The molecule has 27 heavy (non-hydrogen) atoms. The van der Waals surface area contributed by atoms with Crippen LogP contribution in [0.25, 0.3) is 0 Å². The van der Waals surface area contributed by atoms with Gasteiger partial charge in [0.15, 0.2) is 0 Å². The standard InChI is InChI=1S/C20H35N3OS3/c1-4-5-6-7-8-9-10-11-12-13-14-27-15-17(24)23-18-19(25-2)21-16-22-20(18)26-3/h16H,4-15H2,1-3H3,(H,23,24). The zero-order valence-electron chi connectivity index (χ0n) is 17.1. The van der Waals surface area contributed by atoms with Gasteiger partial charge in [-0.25, -0.2) is 9.97 Å². The quantitative estimate of drug-likeness (QED) is 0.183. The highest BCUT2D eigenvalue weighted by atomic mass is 32.2. The molecule has 1 heterocycles. The summed E-state index contributed by atoms with van der Waals surface area (Å²) in [5, 5.41) is 4.64. The van der Waals surface area contributed by atoms with E-state index in [2.05, 4.69) is 22.2 Å². The van der Waals surface area contributed by atoms with Gasteiger partial charge in [0.05, 0.1) is 5.75 Å². The van der Waals surface area contributed by atoms with Gasteiger partial charge in [-0.15, -0.1) is 23.5 Å². The van der Waals surface area contributed by atoms with Crippen molar-refractivity contribution in [2.45, 2.75) is 81.2 Å². The van der Waals surface area contributed by atoms with Crippen molar-refractivity contribution in [3.05, 3.63) is 6.33 Å². The lowest BCUT2D eigenvalue weighted by Gasteiger charge is -2.11. The number of carbonyl (C=O) groups is 1. The van der Waals surface area contributed by atoms with Gasteiger partial charge in [0.25, 0.3) is 0 Å². The van der Waals surface area contributed by atoms with Crippen molar-refractivity contribution in [1.82, 2.24) is 9.97 Å². The molecule has 1 rings (SSSR count). The molecule has 0 unspecified atom stereocenters. The summed E-state index contributed by atoms with van der Waals surface area (Å²) in [5.74, 6) is 1.58. The minimum Gasteiger partial charge on any atom is -0.321 e. The Hall–Kier alpha value is -0.400. The molecule has 0 aliphatic heterocycles. The number of unbranched alkanes of at least 4 members (excludes halogenated alkanes) is 9. The van der Waals surface area contributed by atoms with Gasteiger partial charge in [-0.05, 0) is 24.7 Å². The summed E-state index contributed by atoms with van der Waals surface area (Å²) in [4.78, 5) is 20.7. The Bertz CT molecular complexity index is 507. The summed E-state index contributed by atoms with van der Waals surface area (Å²) in [7, 11) is 0. The summed E-state index contributed by atoms with van der Waals surface area (Å²) < 4.78 is 0. The van der Waals surface area contributed by atoms with Crippen LogP contribution in [0.5, 0.6) is 0 Å². The van der Waals surface area contributed by atoms with Gasteiger partial charge in [-0.3, -0.25) is 4.79 Å². The van der Waals surface area contributed by atoms with Crippen molar-refractivity contribution in [2.75, 3.05) is 29.3 Å². The second kappa shape index (κ2) is 16.5. The Labute approximate surface area is 178 Å². The van der Waals surface area contributed by atoms with Crippen LogP contribution in [-0.4, -0.2) is 39.9 Å². The zero-order chi connectivity index (χ0) is 19.7. The summed E-state index contributed by atoms with van der Waals surface area (Å²) in [5.41, 5.74) is 0.752. The molecule has 0 atom stereocenters. The van der Waals surface area contributed by atoms with E-state index >= 15 is 0 Å². The molecule has 0 aliphatic rings. The highest BCUT2D eigenvalue weighted by Crippen LogP contribution is 2.30. The Kier molecular flexibility index (Phi) is 15.1. The first kappa shape index (κ1) is 24.6. The van der Waals surface area contributed by atoms with Crippen LogP contribution in [0.4, 0.5) is 5.69 Å². The lowest BCUT2D eigenvalue weighted by Crippen LogP contribution is -2.16. The topological polar surface area (TPSA) is 54.9 Å². The molecule has 1 N–H and O–H groups in total. The van der Waals surface area contributed by atoms with E-state index in [1.165, 1.54) is 87.7 Å². The molecular weight excluding hydrogens is 394 g/mol. The van der Waals surface area contributed by atoms with Crippen molar-refractivity contribution < 1.29 is 4.79 Å². The van der Waals surface area contributed by atoms with Gasteiger partial charge in [0.2, 0.25) is 5.91 Å². The molecule has 0 aliphatic carbocycles. The van der Waals surface area contributed by atoms with Crippen LogP contribution in [0.3, 0.4) is 0 Å². The molecule has 4 nitrogen and oxygen atoms in total. The van der Waals surface area contributed by atoms with Crippen LogP contribution < -0.4 is 5.32 Å². The Morgan fingerprint density at radius 3 is 1.93 bits per heavy atom. The average molecular weight is 430 g/mol. The summed E-state index contributed by atoms with van der Waals surface area (Å²) in [6, 6.07) is 0. The maximum Gasteiger partial charge on any atom is 0.234 e. The minimum atomic E-state index is 0.0347. The highest BCUT2D eigenvalue weighted by molar-refractivity contribution is 8.00. The smallest absolute Gasteiger partial charge is 0.234 e. The van der Waals surface area contributed by atoms with E-state index in [1.54, 1.807) is 18.1 Å². The minimum absolute atomic E-state index is 0.0347. The highest BCUT2D eigenvalue weighted by Gasteiger charge is 2.13. The number of nitrogens with zero attached hydrogens (tertiary/aromatic N) is 2. The molecule has 0 aromatic carbocycles. The van der Waals surface area contributed by atoms with Gasteiger partial charge in [0.1, 0.15) is 22.1 Å². The SMILES string of the molecule is CCCCCCCCCCCCSCC(=O)Nc1c(SC)ncnc1SC. The zero-order valence-corrected chi connectivity index (χ0v) is 19.5. The van der Waals surface area contributed by atoms with Crippen LogP contribution in [0, 0.1) is 0 Å². The first-order valence-corrected chi connectivity index (χ1v) is 13.6. The van der Waals surface area contributed by atoms with Crippen LogP contribution in [0.1, 0.15) is 71.1 Å². The number of thioether (sulfide) groups is 3. The van der Waals surface area contributed by atoms with Crippen LogP contribution in [0.2, 0.25) is 0 Å². The molecule has 0 saturated heterocycles. The molecule has 0 saturated carbocycles. The van der Waals surface area contributed by atoms with Gasteiger partial charge in [0, 0.05) is 0 Å². The second-order valence-electron chi connectivity index (χ2n) is 6.55. The second-order valence-corrected chi connectivity index (χ2v) is 9.25. The molecule has 0 fully saturated rings. The largest absolute Gasteiger partial charge is 0.321 e. The lowest BCUT2D eigenvalue weighted by molar-refractivity contribution is -0.113. The monoisotopic (exact) mass is 429 g/mol. The van der Waals surface area contributed by atoms with Crippen molar-refractivity contribution in [3.63, 3.8) is 0 Å². The van der Waals surface area contributed by atoms with Crippen LogP contribution >= 0.6 is 35.3 Å². The fourth-order valence-electron chi connectivity index (χ4n) is 2.80. The maximum absolute atomic E-state index is 12.2. The number of hydrogen-bond acceptors (Lipinski definition) is 6. The van der Waals surface area contributed by atoms with Crippen LogP contribution in [-0.2, 0) is 4.79 Å². The Balaban J connectivity index is 2.08. The van der Waals surface area contributed by atoms with Crippen LogP contribution in [0.15, 0.2) is 16.4 Å². The van der Waals surface area contributed by atoms with E-state index in [9.17, 15) is 4.79 Å². The number of anilines is 1. The number of amides is 1. The molecule has 154 valence electrons. The Morgan fingerprint density at radius 2 is 1.41 bits per heavy atom. The van der Waals surface area contributed by atoms with Gasteiger partial charge < -0.3 is 5.32 Å². The number of rotatable bonds is 16. The van der Waals surface area contributed by atoms with Gasteiger partial charge >= 0.3 is 0 Å². The van der Waals surface area contributed by atoms with E-state index in [0.29, 0.717) is 5.75 Å². The normalized spacial score (nSPS) is 10.9. The van der Waals surface area contributed by atoms with E-state index in [0.717, 1.165) is 21.5 Å². The van der Waals surface area contributed by atoms with Crippen molar-refractivity contribution in [2.24, 2.45) is 0 Å². The van der Waals surface area contributed by atoms with Gasteiger partial charge in [-0.1, -0.05) is 64.7 Å². The molecule has 0 spiro atoms. The number of aromatic nitrogens is 2. The Morgan fingerprint density at radius 1 is 0.889 bits per heavy atom. The first-order valence-electron chi connectivity index (χ1n) is 10.0. The molecule has 1 aromatic heterocycles. The van der Waals surface area contributed by atoms with Crippen molar-refractivity contribution >= 4 is 46.9 Å². The summed E-state index contributed by atoms with van der Waals surface area (Å²) in [6.07, 6.45) is 18.9. The van der Waals surface area contributed by atoms with E-state index < -0.39 is 0 Å². The summed E-state index contributed by atoms with van der Waals surface area (Å²) in [6.45, 7) is 2.26. The van der Waals surface area contributed by atoms with E-state index in [-0.39, 0.29) is 5.91 Å². The third kappa shape index (κ3) is 11.3. The molecule has 1 aromatic rings. The predicted molar refractivity (Wildman–Crippen MR) is 123 cm³/mol. The third-order valence-electron chi connectivity index (χ3n) is 4.30. The summed E-state index contributed by atoms with van der Waals surface area (Å²) >= 11 is 4.77. The van der Waals surface area contributed by atoms with Crippen molar-refractivity contribution in [3.8, 4) is 0 Å². The maximum atomic E-state index is 12.2. The fraction of sp³-hybridized carbons (Fsp3) is 0.750. The number of nitrogens with one attached hydrogen (secondary N) is 1. The predicted octanol–water partition coefficient (Wildman–Crippen LogP) is 6.51. The average Bonchev–Trinajstić information content (AvgIpc) is 2.69. The third-order valence-corrected chi connectivity index (χ3v) is 6.74. The molecular formula is C20H35N3OS3. The van der Waals surface area contributed by atoms with E-state index in [4.69, 9.17) is 0 Å². The fourth-order valence-corrected chi connectivity index (χ4v) is 4.69. The van der Waals surface area contributed by atoms with Crippen molar-refractivity contribution in [1.29, 1.82) is 0 Å². The molecule has 0 bridgehead atoms. The molecule has 1 amide bonds. The first-order chi connectivity index (χ1) is 13.2. The van der Waals surface area contributed by atoms with Gasteiger partial charge in [-0.2, -0.15) is 11.8 Å². The molecule has 7 heteroatoms.